The van der Waals surface area contributed by atoms with Crippen LogP contribution in [0.2, 0.25) is 0 Å². The molecule has 3 aromatic rings. The highest BCUT2D eigenvalue weighted by Crippen LogP contribution is 2.57. The summed E-state index contributed by atoms with van der Waals surface area (Å²) in [5.41, 5.74) is 3.83. The smallest absolute Gasteiger partial charge is 0.232 e. The molecule has 3 aliphatic carbocycles. The molecule has 0 atom stereocenters. The van der Waals surface area contributed by atoms with Gasteiger partial charge in [-0.15, -0.1) is 0 Å². The Morgan fingerprint density at radius 1 is 0.943 bits per heavy atom. The second-order valence-electron chi connectivity index (χ2n) is 12.3. The fourth-order valence-electron chi connectivity index (χ4n) is 5.72. The third-order valence-electron chi connectivity index (χ3n) is 8.30. The number of benzene rings is 2. The first-order valence-electron chi connectivity index (χ1n) is 12.8. The molecule has 2 aromatic carbocycles. The molecule has 3 aliphatic rings. The molecule has 35 heavy (non-hydrogen) atoms. The van der Waals surface area contributed by atoms with Crippen LogP contribution in [-0.4, -0.2) is 30.0 Å². The number of hydrogen-bond acceptors (Lipinski definition) is 5. The average Bonchev–Trinajstić information content (AvgIpc) is 3.36. The van der Waals surface area contributed by atoms with E-state index in [4.69, 9.17) is 9.51 Å². The number of nitrogens with zero attached hydrogens (tertiary/aromatic N) is 2. The van der Waals surface area contributed by atoms with Gasteiger partial charge >= 0.3 is 0 Å². The second kappa shape index (κ2) is 8.62. The minimum absolute atomic E-state index is 0.0990. The number of aromatic nitrogens is 2. The number of rotatable bonds is 6. The summed E-state index contributed by atoms with van der Waals surface area (Å²) >= 11 is 0. The van der Waals surface area contributed by atoms with Gasteiger partial charge in [0, 0.05) is 28.4 Å². The largest absolute Gasteiger partial charge is 0.384 e. The average molecular weight is 492 g/mol. The molecule has 0 unspecified atom stereocenters. The molecule has 5 nitrogen and oxygen atoms in total. The zero-order valence-corrected chi connectivity index (χ0v) is 22.6. The summed E-state index contributed by atoms with van der Waals surface area (Å²) in [6.07, 6.45) is 7.03. The molecular formula is C29H38N3O2P. The predicted octanol–water partition coefficient (Wildman–Crippen LogP) is 6.99. The standard InChI is InChI=1S/C29H38N3O2P/c1-27(2,3)26-31-25(32-34-26)29-16-13-28(14-17-29,15-18-29)20-30-23-8-6-7-22(19-23)21-9-11-24(12-10-21)35(4,5)33/h6-12,19,30H,13-18,20H2,1-5H3. The van der Waals surface area contributed by atoms with E-state index in [-0.39, 0.29) is 10.8 Å². The quantitative estimate of drug-likeness (QED) is 0.377. The maximum absolute atomic E-state index is 12.3. The van der Waals surface area contributed by atoms with E-state index in [1.54, 1.807) is 0 Å². The minimum atomic E-state index is -2.23. The van der Waals surface area contributed by atoms with E-state index in [1.165, 1.54) is 24.8 Å². The monoisotopic (exact) mass is 491 g/mol. The molecule has 2 bridgehead atoms. The lowest BCUT2D eigenvalue weighted by atomic mass is 9.53. The Labute approximate surface area is 209 Å². The van der Waals surface area contributed by atoms with E-state index in [0.29, 0.717) is 5.41 Å². The van der Waals surface area contributed by atoms with Gasteiger partial charge in [0.25, 0.3) is 0 Å². The Bertz CT molecular complexity index is 1220. The number of nitrogens with one attached hydrogen (secondary N) is 1. The van der Waals surface area contributed by atoms with Crippen LogP contribution in [0, 0.1) is 5.41 Å². The zero-order chi connectivity index (χ0) is 24.9. The highest BCUT2D eigenvalue weighted by atomic mass is 31.2. The van der Waals surface area contributed by atoms with Crippen LogP contribution in [0.3, 0.4) is 0 Å². The van der Waals surface area contributed by atoms with E-state index in [9.17, 15) is 4.57 Å². The Hall–Kier alpha value is -2.39. The number of fused-ring (bicyclic) bond motifs is 3. The summed E-state index contributed by atoms with van der Waals surface area (Å²) in [6, 6.07) is 16.8. The van der Waals surface area contributed by atoms with Crippen LogP contribution in [-0.2, 0) is 15.4 Å². The summed E-state index contributed by atoms with van der Waals surface area (Å²) < 4.78 is 18.0. The van der Waals surface area contributed by atoms with Crippen molar-refractivity contribution in [3.05, 3.63) is 60.2 Å². The van der Waals surface area contributed by atoms with Crippen LogP contribution < -0.4 is 10.6 Å². The first-order valence-corrected chi connectivity index (χ1v) is 15.4. The minimum Gasteiger partial charge on any atom is -0.384 e. The second-order valence-corrected chi connectivity index (χ2v) is 15.5. The van der Waals surface area contributed by atoms with Gasteiger partial charge in [-0.1, -0.05) is 62.3 Å². The highest BCUT2D eigenvalue weighted by molar-refractivity contribution is 7.70. The maximum atomic E-state index is 12.3. The fraction of sp³-hybridized carbons (Fsp3) is 0.517. The number of hydrogen-bond donors (Lipinski definition) is 1. The van der Waals surface area contributed by atoms with E-state index in [2.05, 4.69) is 67.6 Å². The molecule has 6 rings (SSSR count). The van der Waals surface area contributed by atoms with Crippen LogP contribution in [0.25, 0.3) is 11.1 Å². The summed E-state index contributed by atoms with van der Waals surface area (Å²) in [5, 5.41) is 9.12. The van der Waals surface area contributed by atoms with Gasteiger partial charge in [-0.25, -0.2) is 0 Å². The van der Waals surface area contributed by atoms with Crippen molar-refractivity contribution >= 4 is 18.1 Å². The Balaban J connectivity index is 1.24. The zero-order valence-electron chi connectivity index (χ0n) is 21.7. The third-order valence-corrected chi connectivity index (χ3v) is 9.84. The first kappa shape index (κ1) is 24.3. The molecule has 0 spiro atoms. The molecule has 1 N–H and O–H groups in total. The van der Waals surface area contributed by atoms with Crippen molar-refractivity contribution in [2.45, 2.75) is 70.1 Å². The molecule has 1 heterocycles. The maximum Gasteiger partial charge on any atom is 0.232 e. The molecule has 6 heteroatoms. The molecule has 0 amide bonds. The topological polar surface area (TPSA) is 68.0 Å². The lowest BCUT2D eigenvalue weighted by molar-refractivity contribution is 0.0445. The number of anilines is 1. The van der Waals surface area contributed by atoms with Gasteiger partial charge in [-0.05, 0) is 80.5 Å². The van der Waals surface area contributed by atoms with E-state index in [0.717, 1.165) is 54.1 Å². The van der Waals surface area contributed by atoms with Crippen molar-refractivity contribution in [3.8, 4) is 11.1 Å². The summed E-state index contributed by atoms with van der Waals surface area (Å²) in [6.45, 7) is 11.0. The van der Waals surface area contributed by atoms with Crippen LogP contribution in [0.1, 0.15) is 71.0 Å². The molecule has 0 radical (unpaired) electrons. The summed E-state index contributed by atoms with van der Waals surface area (Å²) in [4.78, 5) is 4.84. The van der Waals surface area contributed by atoms with Crippen molar-refractivity contribution in [1.82, 2.24) is 10.1 Å². The van der Waals surface area contributed by atoms with Crippen molar-refractivity contribution in [3.63, 3.8) is 0 Å². The van der Waals surface area contributed by atoms with Gasteiger partial charge in [0.15, 0.2) is 5.82 Å². The molecular weight excluding hydrogens is 453 g/mol. The lowest BCUT2D eigenvalue weighted by Gasteiger charge is -2.52. The van der Waals surface area contributed by atoms with Crippen LogP contribution >= 0.6 is 7.14 Å². The van der Waals surface area contributed by atoms with E-state index < -0.39 is 7.14 Å². The van der Waals surface area contributed by atoms with Gasteiger partial charge < -0.3 is 14.4 Å². The summed E-state index contributed by atoms with van der Waals surface area (Å²) in [7, 11) is -2.23. The predicted molar refractivity (Wildman–Crippen MR) is 144 cm³/mol. The van der Waals surface area contributed by atoms with Crippen LogP contribution in [0.5, 0.6) is 0 Å². The Kier molecular flexibility index (Phi) is 5.99. The van der Waals surface area contributed by atoms with Crippen molar-refractivity contribution < 1.29 is 9.09 Å². The lowest BCUT2D eigenvalue weighted by Crippen LogP contribution is -2.47. The van der Waals surface area contributed by atoms with Crippen molar-refractivity contribution in [2.24, 2.45) is 5.41 Å². The van der Waals surface area contributed by atoms with Crippen molar-refractivity contribution in [1.29, 1.82) is 0 Å². The molecule has 1 aromatic heterocycles. The van der Waals surface area contributed by atoms with Gasteiger partial charge in [0.05, 0.1) is 0 Å². The normalized spacial score (nSPS) is 24.5. The molecule has 3 fully saturated rings. The fourth-order valence-corrected chi connectivity index (χ4v) is 6.59. The Morgan fingerprint density at radius 3 is 2.17 bits per heavy atom. The molecule has 0 saturated heterocycles. The van der Waals surface area contributed by atoms with Gasteiger partial charge in [0.2, 0.25) is 5.89 Å². The molecule has 0 aliphatic heterocycles. The third kappa shape index (κ3) is 4.85. The summed E-state index contributed by atoms with van der Waals surface area (Å²) in [5.74, 6) is 1.68. The SMILES string of the molecule is CC(C)(C)c1nc(C23CCC(CNc4cccc(-c5ccc(P(C)(C)=O)cc5)c4)(CC2)CC3)no1. The van der Waals surface area contributed by atoms with E-state index in [1.807, 2.05) is 25.5 Å². The van der Waals surface area contributed by atoms with Crippen LogP contribution in [0.4, 0.5) is 5.69 Å². The van der Waals surface area contributed by atoms with E-state index >= 15 is 0 Å². The van der Waals surface area contributed by atoms with Crippen LogP contribution in [0.15, 0.2) is 53.1 Å². The Morgan fingerprint density at radius 2 is 1.60 bits per heavy atom. The van der Waals surface area contributed by atoms with Crippen molar-refractivity contribution in [2.75, 3.05) is 25.2 Å². The molecule has 186 valence electrons. The van der Waals surface area contributed by atoms with Gasteiger partial charge in [0.1, 0.15) is 7.14 Å². The first-order chi connectivity index (χ1) is 16.5. The van der Waals surface area contributed by atoms with Gasteiger partial charge in [-0.2, -0.15) is 4.98 Å². The highest BCUT2D eigenvalue weighted by Gasteiger charge is 2.51. The molecule has 3 saturated carbocycles. The van der Waals surface area contributed by atoms with Gasteiger partial charge in [-0.3, -0.25) is 0 Å².